The first-order valence-corrected chi connectivity index (χ1v) is 25.5. The lowest BCUT2D eigenvalue weighted by Gasteiger charge is -2.40. The summed E-state index contributed by atoms with van der Waals surface area (Å²) in [4.78, 5) is 25.0. The molecule has 1 fully saturated rings. The summed E-state index contributed by atoms with van der Waals surface area (Å²) in [5.74, 6) is -0.232. The molecule has 11 heteroatoms. The van der Waals surface area contributed by atoms with Crippen molar-refractivity contribution < 1.29 is 49.3 Å². The summed E-state index contributed by atoms with van der Waals surface area (Å²) in [6.07, 6.45) is 34.3. The molecule has 360 valence electrons. The van der Waals surface area contributed by atoms with Gasteiger partial charge in [-0.2, -0.15) is 0 Å². The molecule has 6 N–H and O–H groups in total. The number of unbranched alkanes of at least 4 members (excludes halogenated alkanes) is 29. The van der Waals surface area contributed by atoms with Gasteiger partial charge in [0.2, 0.25) is 5.91 Å². The molecule has 0 aromatic rings. The highest BCUT2D eigenvalue weighted by Crippen LogP contribution is 2.23. The quantitative estimate of drug-likeness (QED) is 0.0197. The monoisotopic (exact) mass is 870 g/mol. The van der Waals surface area contributed by atoms with Crippen LogP contribution in [-0.4, -0.2) is 100 Å². The Balaban J connectivity index is 2.17. The topological polar surface area (TPSA) is 175 Å². The van der Waals surface area contributed by atoms with Crippen LogP contribution in [0.2, 0.25) is 0 Å². The predicted octanol–water partition coefficient (Wildman–Crippen LogP) is 10.1. The van der Waals surface area contributed by atoms with E-state index < -0.39 is 49.5 Å². The maximum Gasteiger partial charge on any atom is 0.305 e. The molecule has 0 radical (unpaired) electrons. The Morgan fingerprint density at radius 1 is 0.590 bits per heavy atom. The number of allylic oxidation sites excluding steroid dienone is 1. The molecule has 1 aliphatic heterocycles. The molecule has 0 aromatic carbocycles. The summed E-state index contributed by atoms with van der Waals surface area (Å²) in [6, 6.07) is -0.818. The number of rotatable bonds is 43. The molecule has 0 bridgehead atoms. The summed E-state index contributed by atoms with van der Waals surface area (Å²) in [5.41, 5.74) is 0. The van der Waals surface area contributed by atoms with Crippen molar-refractivity contribution in [3.63, 3.8) is 0 Å². The van der Waals surface area contributed by atoms with E-state index in [0.29, 0.717) is 19.4 Å². The van der Waals surface area contributed by atoms with Gasteiger partial charge in [-0.3, -0.25) is 9.59 Å². The number of hydrogen-bond donors (Lipinski definition) is 6. The van der Waals surface area contributed by atoms with E-state index in [4.69, 9.17) is 14.2 Å². The van der Waals surface area contributed by atoms with Crippen molar-refractivity contribution in [3.05, 3.63) is 12.2 Å². The van der Waals surface area contributed by atoms with Gasteiger partial charge in [0, 0.05) is 12.8 Å². The van der Waals surface area contributed by atoms with Crippen LogP contribution in [0.25, 0.3) is 0 Å². The van der Waals surface area contributed by atoms with Gasteiger partial charge in [0.1, 0.15) is 24.4 Å². The molecule has 61 heavy (non-hydrogen) atoms. The number of hydrogen-bond acceptors (Lipinski definition) is 10. The van der Waals surface area contributed by atoms with Crippen molar-refractivity contribution in [1.29, 1.82) is 0 Å². The number of carbonyl (C=O) groups excluding carboxylic acids is 2. The molecule has 1 heterocycles. The molecule has 0 aliphatic carbocycles. The Hall–Kier alpha value is -1.60. The lowest BCUT2D eigenvalue weighted by Crippen LogP contribution is -2.60. The normalized spacial score (nSPS) is 20.3. The number of ether oxygens (including phenoxy) is 3. The number of amides is 1. The summed E-state index contributed by atoms with van der Waals surface area (Å²) in [7, 11) is 0. The average Bonchev–Trinajstić information content (AvgIpc) is 3.25. The van der Waals surface area contributed by atoms with Crippen LogP contribution in [-0.2, 0) is 23.8 Å². The van der Waals surface area contributed by atoms with Gasteiger partial charge in [0.25, 0.3) is 0 Å². The fourth-order valence-corrected chi connectivity index (χ4v) is 8.02. The molecule has 1 amide bonds. The van der Waals surface area contributed by atoms with Gasteiger partial charge in [-0.05, 0) is 32.1 Å². The van der Waals surface area contributed by atoms with E-state index in [2.05, 4.69) is 19.2 Å². The molecule has 11 nitrogen and oxygen atoms in total. The number of aliphatic hydroxyl groups excluding tert-OH is 5. The van der Waals surface area contributed by atoms with Crippen molar-refractivity contribution in [2.45, 2.75) is 275 Å². The molecule has 1 saturated heterocycles. The summed E-state index contributed by atoms with van der Waals surface area (Å²) in [6.45, 7) is 4.26. The molecule has 0 saturated carbocycles. The van der Waals surface area contributed by atoms with E-state index in [1.165, 1.54) is 135 Å². The van der Waals surface area contributed by atoms with E-state index in [0.717, 1.165) is 70.6 Å². The van der Waals surface area contributed by atoms with Gasteiger partial charge < -0.3 is 45.1 Å². The lowest BCUT2D eigenvalue weighted by molar-refractivity contribution is -0.302. The highest BCUT2D eigenvalue weighted by molar-refractivity contribution is 5.76. The number of nitrogens with one attached hydrogen (secondary N) is 1. The SMILES string of the molecule is CCCCCCCCCC/C=C/C(O)C(COC1OC(CO)C(O)C(O)C1O)NC(=O)CCCCCCCCCCCCCCOC(=O)CCCCCCCCCCCCC. The zero-order valence-corrected chi connectivity index (χ0v) is 39.1. The van der Waals surface area contributed by atoms with Crippen LogP contribution in [0.5, 0.6) is 0 Å². The van der Waals surface area contributed by atoms with Crippen molar-refractivity contribution in [1.82, 2.24) is 5.32 Å². The maximum absolute atomic E-state index is 13.0. The van der Waals surface area contributed by atoms with Gasteiger partial charge in [0.15, 0.2) is 6.29 Å². The third-order valence-corrected chi connectivity index (χ3v) is 12.2. The highest BCUT2D eigenvalue weighted by Gasteiger charge is 2.44. The molecular weight excluding hydrogens is 775 g/mol. The largest absolute Gasteiger partial charge is 0.466 e. The molecule has 0 aromatic heterocycles. The number of carbonyl (C=O) groups is 2. The van der Waals surface area contributed by atoms with Crippen molar-refractivity contribution in [2.24, 2.45) is 0 Å². The Kier molecular flexibility index (Phi) is 38.7. The minimum Gasteiger partial charge on any atom is -0.466 e. The highest BCUT2D eigenvalue weighted by atomic mass is 16.7. The van der Waals surface area contributed by atoms with Gasteiger partial charge in [-0.25, -0.2) is 0 Å². The first-order chi connectivity index (χ1) is 29.7. The minimum absolute atomic E-state index is 0.0338. The van der Waals surface area contributed by atoms with Crippen molar-refractivity contribution in [3.8, 4) is 0 Å². The standard InChI is InChI=1S/C50H95NO10/c1-3-5-7-9-11-13-17-22-26-30-34-38-46(55)59-39-35-31-27-23-19-16-15-18-21-25-29-33-37-45(54)51-42(41-60-50-49(58)48(57)47(56)44(40-52)61-50)43(53)36-32-28-24-20-14-12-10-8-6-4-2/h32,36,42-44,47-50,52-53,56-58H,3-31,33-35,37-41H2,1-2H3,(H,51,54)/b36-32+. The summed E-state index contributed by atoms with van der Waals surface area (Å²) < 4.78 is 16.6. The second kappa shape index (κ2) is 41.1. The predicted molar refractivity (Wildman–Crippen MR) is 246 cm³/mol. The second-order valence-electron chi connectivity index (χ2n) is 17.9. The van der Waals surface area contributed by atoms with Crippen molar-refractivity contribution in [2.75, 3.05) is 19.8 Å². The molecule has 7 unspecified atom stereocenters. The van der Waals surface area contributed by atoms with Crippen LogP contribution in [0.3, 0.4) is 0 Å². The van der Waals surface area contributed by atoms with Crippen LogP contribution in [0.4, 0.5) is 0 Å². The molecular formula is C50H95NO10. The van der Waals surface area contributed by atoms with E-state index in [1.807, 2.05) is 6.08 Å². The van der Waals surface area contributed by atoms with E-state index >= 15 is 0 Å². The van der Waals surface area contributed by atoms with Crippen molar-refractivity contribution >= 4 is 11.9 Å². The molecule has 7 atom stereocenters. The average molecular weight is 870 g/mol. The Morgan fingerprint density at radius 2 is 1.03 bits per heavy atom. The van der Waals surface area contributed by atoms with Crippen LogP contribution in [0, 0.1) is 0 Å². The van der Waals surface area contributed by atoms with Gasteiger partial charge in [-0.1, -0.05) is 199 Å². The first kappa shape index (κ1) is 57.4. The van der Waals surface area contributed by atoms with E-state index in [-0.39, 0.29) is 18.5 Å². The van der Waals surface area contributed by atoms with Gasteiger partial charge in [-0.15, -0.1) is 0 Å². The van der Waals surface area contributed by atoms with Crippen LogP contribution < -0.4 is 5.32 Å². The minimum atomic E-state index is -1.57. The summed E-state index contributed by atoms with van der Waals surface area (Å²) in [5, 5.41) is 54.1. The van der Waals surface area contributed by atoms with Crippen LogP contribution >= 0.6 is 0 Å². The maximum atomic E-state index is 13.0. The zero-order valence-electron chi connectivity index (χ0n) is 39.1. The van der Waals surface area contributed by atoms with Crippen LogP contribution in [0.15, 0.2) is 12.2 Å². The number of esters is 1. The van der Waals surface area contributed by atoms with Gasteiger partial charge in [0.05, 0.1) is 32.0 Å². The lowest BCUT2D eigenvalue weighted by atomic mass is 9.99. The summed E-state index contributed by atoms with van der Waals surface area (Å²) >= 11 is 0. The molecule has 0 spiro atoms. The number of aliphatic hydroxyl groups is 5. The zero-order chi connectivity index (χ0) is 44.6. The Bertz CT molecular complexity index is 1030. The Morgan fingerprint density at radius 3 is 1.52 bits per heavy atom. The fourth-order valence-electron chi connectivity index (χ4n) is 8.02. The van der Waals surface area contributed by atoms with Gasteiger partial charge >= 0.3 is 5.97 Å². The van der Waals surface area contributed by atoms with E-state index in [1.54, 1.807) is 6.08 Å². The first-order valence-electron chi connectivity index (χ1n) is 25.5. The fraction of sp³-hybridized carbons (Fsp3) is 0.920. The smallest absolute Gasteiger partial charge is 0.305 e. The Labute approximate surface area is 372 Å². The third-order valence-electron chi connectivity index (χ3n) is 12.2. The second-order valence-corrected chi connectivity index (χ2v) is 17.9. The third kappa shape index (κ3) is 31.8. The van der Waals surface area contributed by atoms with E-state index in [9.17, 15) is 35.1 Å². The molecule has 1 rings (SSSR count). The molecule has 1 aliphatic rings. The van der Waals surface area contributed by atoms with Crippen LogP contribution in [0.1, 0.15) is 232 Å².